The zero-order valence-electron chi connectivity index (χ0n) is 12.5. The van der Waals surface area contributed by atoms with Crippen LogP contribution in [0.1, 0.15) is 30.0 Å². The molecular formula is C17H19N3OS. The van der Waals surface area contributed by atoms with Crippen LogP contribution in [0, 0.1) is 18.8 Å². The van der Waals surface area contributed by atoms with Crippen molar-refractivity contribution in [3.8, 4) is 0 Å². The Labute approximate surface area is 133 Å². The molecular weight excluding hydrogens is 294 g/mol. The largest absolute Gasteiger partial charge is 0.344 e. The molecule has 2 bridgehead atoms. The van der Waals surface area contributed by atoms with E-state index in [1.807, 2.05) is 4.57 Å². The van der Waals surface area contributed by atoms with Gasteiger partial charge in [0, 0.05) is 11.8 Å². The van der Waals surface area contributed by atoms with Gasteiger partial charge in [0.1, 0.15) is 0 Å². The van der Waals surface area contributed by atoms with Gasteiger partial charge < -0.3 is 0 Å². The summed E-state index contributed by atoms with van der Waals surface area (Å²) in [6, 6.07) is 8.79. The summed E-state index contributed by atoms with van der Waals surface area (Å²) in [4.78, 5) is 12.2. The lowest BCUT2D eigenvalue weighted by Crippen LogP contribution is -2.25. The SMILES string of the molecule is Cc1ccc(CSc2n[nH]c(=O)n2[C@@H]2C[C@H]3C=C[C@H]2C3)cc1. The molecule has 2 aromatic rings. The molecule has 114 valence electrons. The third-order valence-corrected chi connectivity index (χ3v) is 5.76. The first kappa shape index (κ1) is 13.9. The molecule has 2 aliphatic rings. The number of aromatic amines is 1. The highest BCUT2D eigenvalue weighted by molar-refractivity contribution is 7.98. The molecule has 0 radical (unpaired) electrons. The number of rotatable bonds is 4. The summed E-state index contributed by atoms with van der Waals surface area (Å²) in [5.74, 6) is 1.98. The van der Waals surface area contributed by atoms with E-state index in [1.54, 1.807) is 11.8 Å². The highest BCUT2D eigenvalue weighted by Crippen LogP contribution is 2.46. The second-order valence-corrected chi connectivity index (χ2v) is 7.25. The van der Waals surface area contributed by atoms with Crippen LogP contribution >= 0.6 is 11.8 Å². The fourth-order valence-corrected chi connectivity index (χ4v) is 4.52. The molecule has 0 saturated heterocycles. The Morgan fingerprint density at radius 2 is 2.09 bits per heavy atom. The van der Waals surface area contributed by atoms with Gasteiger partial charge in [-0.1, -0.05) is 53.7 Å². The number of nitrogens with zero attached hydrogens (tertiary/aromatic N) is 2. The fraction of sp³-hybridized carbons (Fsp3) is 0.412. The van der Waals surface area contributed by atoms with Crippen LogP contribution in [0.5, 0.6) is 0 Å². The Kier molecular flexibility index (Phi) is 3.45. The van der Waals surface area contributed by atoms with Crippen LogP contribution in [0.2, 0.25) is 0 Å². The van der Waals surface area contributed by atoms with Crippen molar-refractivity contribution in [3.63, 3.8) is 0 Å². The second kappa shape index (κ2) is 5.47. The van der Waals surface area contributed by atoms with Crippen molar-refractivity contribution in [2.45, 2.75) is 36.7 Å². The molecule has 1 heterocycles. The lowest BCUT2D eigenvalue weighted by atomic mass is 10.0. The molecule has 2 aliphatic carbocycles. The number of aromatic nitrogens is 3. The maximum absolute atomic E-state index is 12.2. The van der Waals surface area contributed by atoms with Gasteiger partial charge in [0.2, 0.25) is 0 Å². The van der Waals surface area contributed by atoms with Gasteiger partial charge in [-0.3, -0.25) is 4.57 Å². The molecule has 4 rings (SSSR count). The van der Waals surface area contributed by atoms with E-state index in [0.717, 1.165) is 17.3 Å². The van der Waals surface area contributed by atoms with Crippen molar-refractivity contribution in [1.82, 2.24) is 14.8 Å². The van der Waals surface area contributed by atoms with Gasteiger partial charge in [0.15, 0.2) is 5.16 Å². The van der Waals surface area contributed by atoms with Crippen LogP contribution in [0.15, 0.2) is 46.4 Å². The van der Waals surface area contributed by atoms with E-state index in [1.165, 1.54) is 17.5 Å². The summed E-state index contributed by atoms with van der Waals surface area (Å²) in [7, 11) is 0. The van der Waals surface area contributed by atoms with E-state index in [4.69, 9.17) is 0 Å². The molecule has 4 nitrogen and oxygen atoms in total. The summed E-state index contributed by atoms with van der Waals surface area (Å²) < 4.78 is 1.88. The van der Waals surface area contributed by atoms with Crippen molar-refractivity contribution in [3.05, 3.63) is 58.0 Å². The maximum atomic E-state index is 12.2. The lowest BCUT2D eigenvalue weighted by molar-refractivity contribution is 0.396. The topological polar surface area (TPSA) is 50.7 Å². The Morgan fingerprint density at radius 3 is 2.77 bits per heavy atom. The molecule has 1 saturated carbocycles. The van der Waals surface area contributed by atoms with Crippen LogP contribution in [-0.4, -0.2) is 14.8 Å². The van der Waals surface area contributed by atoms with Crippen molar-refractivity contribution in [2.75, 3.05) is 0 Å². The molecule has 1 fully saturated rings. The highest BCUT2D eigenvalue weighted by Gasteiger charge is 2.38. The standard InChI is InChI=1S/C17H19N3OS/c1-11-2-4-12(5-3-11)10-22-17-19-18-16(21)20(17)15-9-13-6-7-14(15)8-13/h2-7,13-15H,8-10H2,1H3,(H,18,21)/t13-,14-,15+/m0/s1. The fourth-order valence-electron chi connectivity index (χ4n) is 3.57. The average Bonchev–Trinajstić information content (AvgIpc) is 3.22. The number of hydrogen-bond donors (Lipinski definition) is 1. The minimum atomic E-state index is -0.0719. The van der Waals surface area contributed by atoms with Crippen molar-refractivity contribution in [2.24, 2.45) is 11.8 Å². The van der Waals surface area contributed by atoms with E-state index >= 15 is 0 Å². The summed E-state index contributed by atoms with van der Waals surface area (Å²) in [6.07, 6.45) is 6.82. The number of thioether (sulfide) groups is 1. The first-order chi connectivity index (χ1) is 10.7. The van der Waals surface area contributed by atoms with Crippen molar-refractivity contribution < 1.29 is 0 Å². The maximum Gasteiger partial charge on any atom is 0.344 e. The molecule has 22 heavy (non-hydrogen) atoms. The van der Waals surface area contributed by atoms with Crippen LogP contribution in [0.25, 0.3) is 0 Å². The monoisotopic (exact) mass is 313 g/mol. The first-order valence-electron chi connectivity index (χ1n) is 7.74. The molecule has 0 amide bonds. The van der Waals surface area contributed by atoms with Gasteiger partial charge in [-0.15, -0.1) is 5.10 Å². The van der Waals surface area contributed by atoms with Gasteiger partial charge >= 0.3 is 5.69 Å². The number of H-pyrrole nitrogens is 1. The van der Waals surface area contributed by atoms with E-state index in [0.29, 0.717) is 11.8 Å². The van der Waals surface area contributed by atoms with Crippen LogP contribution < -0.4 is 5.69 Å². The second-order valence-electron chi connectivity index (χ2n) is 6.30. The molecule has 1 N–H and O–H groups in total. The Balaban J connectivity index is 1.54. The van der Waals surface area contributed by atoms with Crippen molar-refractivity contribution >= 4 is 11.8 Å². The van der Waals surface area contributed by atoms with Crippen LogP contribution in [-0.2, 0) is 5.75 Å². The highest BCUT2D eigenvalue weighted by atomic mass is 32.2. The zero-order valence-corrected chi connectivity index (χ0v) is 13.3. The molecule has 1 aromatic heterocycles. The van der Waals surface area contributed by atoms with Crippen LogP contribution in [0.4, 0.5) is 0 Å². The summed E-state index contributed by atoms with van der Waals surface area (Å²) >= 11 is 1.64. The minimum Gasteiger partial charge on any atom is -0.266 e. The van der Waals surface area contributed by atoms with Gasteiger partial charge in [-0.25, -0.2) is 9.89 Å². The normalized spacial score (nSPS) is 26.0. The third-order valence-electron chi connectivity index (χ3n) is 4.74. The number of allylic oxidation sites excluding steroid dienone is 2. The van der Waals surface area contributed by atoms with Gasteiger partial charge in [0.05, 0.1) is 0 Å². The van der Waals surface area contributed by atoms with Crippen molar-refractivity contribution in [1.29, 1.82) is 0 Å². The smallest absolute Gasteiger partial charge is 0.266 e. The summed E-state index contributed by atoms with van der Waals surface area (Å²) in [5.41, 5.74) is 2.45. The van der Waals surface area contributed by atoms with E-state index in [2.05, 4.69) is 53.5 Å². The number of benzene rings is 1. The predicted molar refractivity (Wildman–Crippen MR) is 88.0 cm³/mol. The number of nitrogens with one attached hydrogen (secondary N) is 1. The zero-order chi connectivity index (χ0) is 15.1. The number of hydrogen-bond acceptors (Lipinski definition) is 3. The predicted octanol–water partition coefficient (Wildman–Crippen LogP) is 3.31. The molecule has 5 heteroatoms. The molecule has 3 atom stereocenters. The lowest BCUT2D eigenvalue weighted by Gasteiger charge is -2.20. The number of aryl methyl sites for hydroxylation is 1. The first-order valence-corrected chi connectivity index (χ1v) is 8.73. The van der Waals surface area contributed by atoms with Crippen LogP contribution in [0.3, 0.4) is 0 Å². The van der Waals surface area contributed by atoms with Gasteiger partial charge in [-0.2, -0.15) is 0 Å². The molecule has 1 aromatic carbocycles. The summed E-state index contributed by atoms with van der Waals surface area (Å²) in [5, 5.41) is 7.69. The van der Waals surface area contributed by atoms with Gasteiger partial charge in [-0.05, 0) is 37.2 Å². The Hall–Kier alpha value is -1.75. The van der Waals surface area contributed by atoms with E-state index in [9.17, 15) is 4.79 Å². The molecule has 0 unspecified atom stereocenters. The summed E-state index contributed by atoms with van der Waals surface area (Å²) in [6.45, 7) is 2.09. The Bertz CT molecular complexity index is 759. The molecule has 0 spiro atoms. The number of fused-ring (bicyclic) bond motifs is 2. The van der Waals surface area contributed by atoms with Gasteiger partial charge in [0.25, 0.3) is 0 Å². The minimum absolute atomic E-state index is 0.0719. The Morgan fingerprint density at radius 1 is 1.27 bits per heavy atom. The average molecular weight is 313 g/mol. The quantitative estimate of drug-likeness (QED) is 0.696. The molecule has 0 aliphatic heterocycles. The van der Waals surface area contributed by atoms with E-state index < -0.39 is 0 Å². The third kappa shape index (κ3) is 2.43. The van der Waals surface area contributed by atoms with E-state index in [-0.39, 0.29) is 11.7 Å².